The van der Waals surface area contributed by atoms with E-state index in [0.717, 1.165) is 24.2 Å². The quantitative estimate of drug-likeness (QED) is 0.488. The van der Waals surface area contributed by atoms with E-state index in [1.54, 1.807) is 33.0 Å². The highest BCUT2D eigenvalue weighted by Gasteiger charge is 2.38. The van der Waals surface area contributed by atoms with Gasteiger partial charge in [-0.2, -0.15) is 0 Å². The summed E-state index contributed by atoms with van der Waals surface area (Å²) in [6, 6.07) is 9.38. The number of aromatic nitrogens is 1. The molecule has 0 radical (unpaired) electrons. The third-order valence-corrected chi connectivity index (χ3v) is 7.31. The SMILES string of the molecule is CCOP(=O)(OCC)C(CN(C)CCc1ccccn1)c1cc(C)c(O)c(OC)c1. The van der Waals surface area contributed by atoms with Crippen molar-refractivity contribution in [2.45, 2.75) is 32.9 Å². The number of hydrogen-bond acceptors (Lipinski definition) is 7. The van der Waals surface area contributed by atoms with Crippen LogP contribution in [-0.4, -0.2) is 55.5 Å². The third-order valence-electron chi connectivity index (χ3n) is 4.85. The van der Waals surface area contributed by atoms with Crippen LogP contribution in [0.5, 0.6) is 11.5 Å². The molecule has 1 atom stereocenters. The number of rotatable bonds is 12. The van der Waals surface area contributed by atoms with Crippen molar-refractivity contribution in [1.82, 2.24) is 9.88 Å². The first-order chi connectivity index (χ1) is 14.3. The molecule has 0 spiro atoms. The molecule has 0 aliphatic carbocycles. The molecule has 7 nitrogen and oxygen atoms in total. The number of ether oxygens (including phenoxy) is 1. The maximum Gasteiger partial charge on any atom is 0.339 e. The fourth-order valence-corrected chi connectivity index (χ4v) is 5.47. The summed E-state index contributed by atoms with van der Waals surface area (Å²) in [4.78, 5) is 6.46. The van der Waals surface area contributed by atoms with Crippen LogP contribution in [0.4, 0.5) is 0 Å². The number of pyridine rings is 1. The molecule has 0 aliphatic heterocycles. The standard InChI is InChI=1S/C22H33N2O5P/c1-6-28-30(26,29-7-2)21(18-14-17(3)22(25)20(15-18)27-5)16-24(4)13-11-19-10-8-9-12-23-19/h8-10,12,14-15,21,25H,6-7,11,13,16H2,1-5H3. The second kappa shape index (κ2) is 11.5. The van der Waals surface area contributed by atoms with Crippen molar-refractivity contribution in [3.8, 4) is 11.5 Å². The van der Waals surface area contributed by atoms with E-state index >= 15 is 0 Å². The van der Waals surface area contributed by atoms with Gasteiger partial charge >= 0.3 is 7.60 Å². The Labute approximate surface area is 179 Å². The molecule has 30 heavy (non-hydrogen) atoms. The van der Waals surface area contributed by atoms with Gasteiger partial charge in [0.05, 0.1) is 26.0 Å². The summed E-state index contributed by atoms with van der Waals surface area (Å²) in [5.41, 5.74) is 1.86. The number of likely N-dealkylation sites (N-methyl/N-ethyl adjacent to an activating group) is 1. The van der Waals surface area contributed by atoms with Crippen molar-refractivity contribution in [2.24, 2.45) is 0 Å². The molecule has 0 bridgehead atoms. The molecular formula is C22H33N2O5P. The largest absolute Gasteiger partial charge is 0.504 e. The fraction of sp³-hybridized carbons (Fsp3) is 0.500. The van der Waals surface area contributed by atoms with Crippen LogP contribution >= 0.6 is 7.60 Å². The summed E-state index contributed by atoms with van der Waals surface area (Å²) in [5, 5.41) is 10.2. The van der Waals surface area contributed by atoms with Crippen LogP contribution in [-0.2, 0) is 20.0 Å². The predicted molar refractivity (Wildman–Crippen MR) is 118 cm³/mol. The van der Waals surface area contributed by atoms with E-state index in [2.05, 4.69) is 9.88 Å². The second-order valence-corrected chi connectivity index (χ2v) is 9.33. The highest BCUT2D eigenvalue weighted by molar-refractivity contribution is 7.54. The monoisotopic (exact) mass is 436 g/mol. The van der Waals surface area contributed by atoms with E-state index < -0.39 is 13.3 Å². The Hall–Kier alpha value is -1.92. The van der Waals surface area contributed by atoms with Crippen LogP contribution in [0.25, 0.3) is 0 Å². The number of phenolic OH excluding ortho intramolecular Hbond substituents is 1. The summed E-state index contributed by atoms with van der Waals surface area (Å²) >= 11 is 0. The first-order valence-corrected chi connectivity index (χ1v) is 11.8. The summed E-state index contributed by atoms with van der Waals surface area (Å²) in [5.74, 6) is 0.414. The minimum absolute atomic E-state index is 0.0751. The number of phenols is 1. The minimum atomic E-state index is -3.46. The van der Waals surface area contributed by atoms with E-state index in [4.69, 9.17) is 13.8 Å². The van der Waals surface area contributed by atoms with E-state index in [1.807, 2.05) is 31.3 Å². The Morgan fingerprint density at radius 1 is 1.20 bits per heavy atom. The Morgan fingerprint density at radius 2 is 1.90 bits per heavy atom. The van der Waals surface area contributed by atoms with Crippen LogP contribution in [0.15, 0.2) is 36.5 Å². The zero-order valence-corrected chi connectivity index (χ0v) is 19.4. The van der Waals surface area contributed by atoms with Gasteiger partial charge in [0.15, 0.2) is 11.5 Å². The maximum atomic E-state index is 13.7. The van der Waals surface area contributed by atoms with Crippen molar-refractivity contribution in [1.29, 1.82) is 0 Å². The van der Waals surface area contributed by atoms with E-state index in [9.17, 15) is 9.67 Å². The summed E-state index contributed by atoms with van der Waals surface area (Å²) in [7, 11) is 0.0112. The van der Waals surface area contributed by atoms with Crippen molar-refractivity contribution in [2.75, 3.05) is 40.5 Å². The highest BCUT2D eigenvalue weighted by Crippen LogP contribution is 2.61. The van der Waals surface area contributed by atoms with Gasteiger partial charge in [0.1, 0.15) is 0 Å². The average Bonchev–Trinajstić information content (AvgIpc) is 2.73. The van der Waals surface area contributed by atoms with Gasteiger partial charge in [0.2, 0.25) is 0 Å². The smallest absolute Gasteiger partial charge is 0.339 e. The van der Waals surface area contributed by atoms with Gasteiger partial charge in [0.25, 0.3) is 0 Å². The van der Waals surface area contributed by atoms with Gasteiger partial charge in [-0.15, -0.1) is 0 Å². The molecule has 166 valence electrons. The molecule has 1 heterocycles. The second-order valence-electron chi connectivity index (χ2n) is 7.11. The Morgan fingerprint density at radius 3 is 2.47 bits per heavy atom. The lowest BCUT2D eigenvalue weighted by atomic mass is 10.1. The zero-order valence-electron chi connectivity index (χ0n) is 18.5. The minimum Gasteiger partial charge on any atom is -0.504 e. The summed E-state index contributed by atoms with van der Waals surface area (Å²) < 4.78 is 30.4. The zero-order chi connectivity index (χ0) is 22.1. The molecule has 1 aromatic carbocycles. The van der Waals surface area contributed by atoms with Gasteiger partial charge in [-0.1, -0.05) is 12.1 Å². The number of hydrogen-bond donors (Lipinski definition) is 1. The van der Waals surface area contributed by atoms with Crippen LogP contribution in [0, 0.1) is 6.92 Å². The normalized spacial score (nSPS) is 12.9. The molecule has 0 fully saturated rings. The fourth-order valence-electron chi connectivity index (χ4n) is 3.33. The third kappa shape index (κ3) is 6.29. The summed E-state index contributed by atoms with van der Waals surface area (Å²) in [6.07, 6.45) is 2.55. The number of aryl methyl sites for hydroxylation is 1. The number of methoxy groups -OCH3 is 1. The van der Waals surface area contributed by atoms with Crippen LogP contribution in [0.3, 0.4) is 0 Å². The van der Waals surface area contributed by atoms with E-state index in [1.165, 1.54) is 7.11 Å². The molecule has 0 saturated heterocycles. The average molecular weight is 436 g/mol. The molecule has 2 aromatic rings. The van der Waals surface area contributed by atoms with Crippen LogP contribution in [0.1, 0.15) is 36.3 Å². The molecule has 0 amide bonds. The molecule has 1 unspecified atom stereocenters. The molecule has 1 aromatic heterocycles. The lowest BCUT2D eigenvalue weighted by molar-refractivity contribution is 0.203. The lowest BCUT2D eigenvalue weighted by Gasteiger charge is -2.30. The van der Waals surface area contributed by atoms with Crippen molar-refractivity contribution in [3.63, 3.8) is 0 Å². The van der Waals surface area contributed by atoms with Gasteiger partial charge in [-0.3, -0.25) is 9.55 Å². The predicted octanol–water partition coefficient (Wildman–Crippen LogP) is 4.59. The summed E-state index contributed by atoms with van der Waals surface area (Å²) in [6.45, 7) is 7.14. The van der Waals surface area contributed by atoms with Crippen LogP contribution < -0.4 is 4.74 Å². The number of benzene rings is 1. The number of nitrogens with zero attached hydrogens (tertiary/aromatic N) is 2. The first kappa shape index (κ1) is 24.4. The Balaban J connectivity index is 2.33. The van der Waals surface area contributed by atoms with E-state index in [-0.39, 0.29) is 19.0 Å². The first-order valence-electron chi connectivity index (χ1n) is 10.2. The molecule has 8 heteroatoms. The highest BCUT2D eigenvalue weighted by atomic mass is 31.2. The van der Waals surface area contributed by atoms with Crippen molar-refractivity contribution in [3.05, 3.63) is 53.3 Å². The molecule has 1 N–H and O–H groups in total. The molecule has 2 rings (SSSR count). The molecule has 0 aliphatic rings. The maximum absolute atomic E-state index is 13.7. The van der Waals surface area contributed by atoms with Crippen LogP contribution in [0.2, 0.25) is 0 Å². The van der Waals surface area contributed by atoms with Gasteiger partial charge < -0.3 is 23.8 Å². The van der Waals surface area contributed by atoms with Gasteiger partial charge in [-0.05, 0) is 57.1 Å². The molecular weight excluding hydrogens is 403 g/mol. The van der Waals surface area contributed by atoms with Crippen molar-refractivity contribution < 1.29 is 23.5 Å². The van der Waals surface area contributed by atoms with E-state index in [0.29, 0.717) is 17.9 Å². The Bertz CT molecular complexity index is 837. The molecule has 0 saturated carbocycles. The van der Waals surface area contributed by atoms with Crippen molar-refractivity contribution >= 4 is 7.60 Å². The Kier molecular flexibility index (Phi) is 9.31. The van der Waals surface area contributed by atoms with Gasteiger partial charge in [-0.25, -0.2) is 0 Å². The topological polar surface area (TPSA) is 81.1 Å². The number of aromatic hydroxyl groups is 1. The van der Waals surface area contributed by atoms with Gasteiger partial charge in [0, 0.05) is 31.4 Å². The lowest BCUT2D eigenvalue weighted by Crippen LogP contribution is -2.28.